The largest absolute Gasteiger partial charge is 0.361 e. The summed E-state index contributed by atoms with van der Waals surface area (Å²) in [4.78, 5) is 12.6. The summed E-state index contributed by atoms with van der Waals surface area (Å²) in [7, 11) is 0. The highest BCUT2D eigenvalue weighted by Gasteiger charge is 2.51. The summed E-state index contributed by atoms with van der Waals surface area (Å²) in [6.07, 6.45) is 1.81. The Kier molecular flexibility index (Phi) is 3.61. The molecule has 4 nitrogen and oxygen atoms in total. The lowest BCUT2D eigenvalue weighted by atomic mass is 9.95. The second-order valence-electron chi connectivity index (χ2n) is 5.57. The Morgan fingerprint density at radius 1 is 1.33 bits per heavy atom. The number of aryl methyl sites for hydroxylation is 2. The summed E-state index contributed by atoms with van der Waals surface area (Å²) in [6.45, 7) is 4.22. The maximum absolute atomic E-state index is 12.6. The summed E-state index contributed by atoms with van der Waals surface area (Å²) in [5, 5.41) is 6.94. The van der Waals surface area contributed by atoms with Crippen LogP contribution in [0.3, 0.4) is 0 Å². The van der Waals surface area contributed by atoms with Crippen molar-refractivity contribution >= 4 is 21.8 Å². The van der Waals surface area contributed by atoms with Crippen LogP contribution in [0.15, 0.2) is 33.3 Å². The molecule has 1 aromatic heterocycles. The van der Waals surface area contributed by atoms with E-state index in [1.165, 1.54) is 0 Å². The molecule has 0 bridgehead atoms. The van der Waals surface area contributed by atoms with Gasteiger partial charge < -0.3 is 9.84 Å². The molecule has 0 aliphatic heterocycles. The fourth-order valence-electron chi connectivity index (χ4n) is 2.63. The van der Waals surface area contributed by atoms with E-state index in [0.717, 1.165) is 39.9 Å². The molecule has 1 heterocycles. The molecule has 110 valence electrons. The lowest BCUT2D eigenvalue weighted by Crippen LogP contribution is -2.34. The quantitative estimate of drug-likeness (QED) is 0.921. The van der Waals surface area contributed by atoms with Gasteiger partial charge in [0, 0.05) is 16.6 Å². The summed E-state index contributed by atoms with van der Waals surface area (Å²) < 4.78 is 6.15. The number of hydrogen-bond acceptors (Lipinski definition) is 3. The molecule has 1 amide bonds. The van der Waals surface area contributed by atoms with Gasteiger partial charge in [-0.2, -0.15) is 0 Å². The fourth-order valence-corrected chi connectivity index (χ4v) is 2.90. The maximum Gasteiger partial charge on any atom is 0.230 e. The van der Waals surface area contributed by atoms with Crippen molar-refractivity contribution in [1.29, 1.82) is 0 Å². The van der Waals surface area contributed by atoms with Crippen LogP contribution in [-0.4, -0.2) is 11.1 Å². The molecule has 3 rings (SSSR count). The number of rotatable bonds is 4. The molecular weight excluding hydrogens is 332 g/mol. The average molecular weight is 349 g/mol. The summed E-state index contributed by atoms with van der Waals surface area (Å²) in [5.41, 5.74) is 2.54. The molecule has 1 aliphatic carbocycles. The van der Waals surface area contributed by atoms with Crippen LogP contribution < -0.4 is 5.32 Å². The van der Waals surface area contributed by atoms with Gasteiger partial charge in [0.2, 0.25) is 5.91 Å². The first-order chi connectivity index (χ1) is 10.0. The van der Waals surface area contributed by atoms with Crippen molar-refractivity contribution in [3.63, 3.8) is 0 Å². The van der Waals surface area contributed by atoms with Gasteiger partial charge in [0.05, 0.1) is 11.1 Å². The average Bonchev–Trinajstić information content (AvgIpc) is 3.21. The lowest BCUT2D eigenvalue weighted by Gasteiger charge is -2.16. The summed E-state index contributed by atoms with van der Waals surface area (Å²) >= 11 is 3.42. The van der Waals surface area contributed by atoms with E-state index in [0.29, 0.717) is 6.54 Å². The lowest BCUT2D eigenvalue weighted by molar-refractivity contribution is -0.123. The Balaban J connectivity index is 1.72. The Morgan fingerprint density at radius 3 is 2.52 bits per heavy atom. The standard InChI is InChI=1S/C16H17BrN2O2/c1-10-14(11(2)21-19-10)9-18-15(20)16(7-8-16)12-3-5-13(17)6-4-12/h3-6H,7-9H2,1-2H3,(H,18,20). The Labute approximate surface area is 132 Å². The van der Waals surface area contributed by atoms with Crippen LogP contribution in [0.4, 0.5) is 0 Å². The minimum absolute atomic E-state index is 0.0878. The topological polar surface area (TPSA) is 55.1 Å². The highest BCUT2D eigenvalue weighted by molar-refractivity contribution is 9.10. The van der Waals surface area contributed by atoms with Crippen molar-refractivity contribution in [2.75, 3.05) is 0 Å². The number of nitrogens with zero attached hydrogens (tertiary/aromatic N) is 1. The van der Waals surface area contributed by atoms with Gasteiger partial charge in [-0.3, -0.25) is 4.79 Å². The SMILES string of the molecule is Cc1noc(C)c1CNC(=O)C1(c2ccc(Br)cc2)CC1. The van der Waals surface area contributed by atoms with Crippen molar-refractivity contribution in [2.45, 2.75) is 38.6 Å². The third-order valence-electron chi connectivity index (χ3n) is 4.19. The summed E-state index contributed by atoms with van der Waals surface area (Å²) in [5.74, 6) is 0.853. The van der Waals surface area contributed by atoms with E-state index in [4.69, 9.17) is 4.52 Å². The number of halogens is 1. The number of carbonyl (C=O) groups is 1. The highest BCUT2D eigenvalue weighted by atomic mass is 79.9. The molecule has 0 spiro atoms. The molecule has 1 fully saturated rings. The van der Waals surface area contributed by atoms with Crippen molar-refractivity contribution in [1.82, 2.24) is 10.5 Å². The van der Waals surface area contributed by atoms with E-state index < -0.39 is 0 Å². The maximum atomic E-state index is 12.6. The van der Waals surface area contributed by atoms with Crippen LogP contribution in [0.5, 0.6) is 0 Å². The Morgan fingerprint density at radius 2 is 2.00 bits per heavy atom. The van der Waals surface area contributed by atoms with Crippen molar-refractivity contribution in [2.24, 2.45) is 0 Å². The number of aromatic nitrogens is 1. The highest BCUT2D eigenvalue weighted by Crippen LogP contribution is 2.48. The second kappa shape index (κ2) is 5.30. The molecule has 1 aliphatic rings. The molecule has 1 aromatic carbocycles. The van der Waals surface area contributed by atoms with Gasteiger partial charge >= 0.3 is 0 Å². The second-order valence-corrected chi connectivity index (χ2v) is 6.49. The Hall–Kier alpha value is -1.62. The van der Waals surface area contributed by atoms with Crippen molar-refractivity contribution in [3.8, 4) is 0 Å². The summed E-state index contributed by atoms with van der Waals surface area (Å²) in [6, 6.07) is 8.01. The minimum Gasteiger partial charge on any atom is -0.361 e. The van der Waals surface area contributed by atoms with Crippen molar-refractivity contribution in [3.05, 3.63) is 51.3 Å². The number of hydrogen-bond donors (Lipinski definition) is 1. The first-order valence-electron chi connectivity index (χ1n) is 6.99. The molecule has 1 N–H and O–H groups in total. The molecule has 0 unspecified atom stereocenters. The van der Waals surface area contributed by atoms with Gasteiger partial charge in [-0.1, -0.05) is 33.2 Å². The van der Waals surface area contributed by atoms with E-state index in [9.17, 15) is 4.79 Å². The number of nitrogens with one attached hydrogen (secondary N) is 1. The van der Waals surface area contributed by atoms with E-state index in [2.05, 4.69) is 26.4 Å². The third kappa shape index (κ3) is 2.62. The minimum atomic E-state index is -0.348. The van der Waals surface area contributed by atoms with Gasteiger partial charge in [0.1, 0.15) is 5.76 Å². The van der Waals surface area contributed by atoms with E-state index in [1.54, 1.807) is 0 Å². The molecule has 0 radical (unpaired) electrons. The number of benzene rings is 1. The van der Waals surface area contributed by atoms with Crippen LogP contribution in [0.1, 0.15) is 35.4 Å². The molecule has 1 saturated carbocycles. The van der Waals surface area contributed by atoms with E-state index in [-0.39, 0.29) is 11.3 Å². The number of amides is 1. The van der Waals surface area contributed by atoms with Crippen LogP contribution in [-0.2, 0) is 16.8 Å². The zero-order chi connectivity index (χ0) is 15.0. The monoisotopic (exact) mass is 348 g/mol. The van der Waals surface area contributed by atoms with Gasteiger partial charge in [-0.15, -0.1) is 0 Å². The van der Waals surface area contributed by atoms with Crippen LogP contribution in [0.2, 0.25) is 0 Å². The van der Waals surface area contributed by atoms with Crippen LogP contribution in [0.25, 0.3) is 0 Å². The van der Waals surface area contributed by atoms with Gasteiger partial charge in [0.15, 0.2) is 0 Å². The zero-order valence-corrected chi connectivity index (χ0v) is 13.7. The third-order valence-corrected chi connectivity index (χ3v) is 4.72. The first-order valence-corrected chi connectivity index (χ1v) is 7.78. The van der Waals surface area contributed by atoms with Gasteiger partial charge in [-0.25, -0.2) is 0 Å². The predicted molar refractivity (Wildman–Crippen MR) is 82.9 cm³/mol. The van der Waals surface area contributed by atoms with E-state index >= 15 is 0 Å². The first kappa shape index (κ1) is 14.3. The smallest absolute Gasteiger partial charge is 0.230 e. The molecule has 2 aromatic rings. The number of carbonyl (C=O) groups excluding carboxylic acids is 1. The fraction of sp³-hybridized carbons (Fsp3) is 0.375. The van der Waals surface area contributed by atoms with E-state index in [1.807, 2.05) is 38.1 Å². The Bertz CT molecular complexity index is 653. The van der Waals surface area contributed by atoms with Gasteiger partial charge in [-0.05, 0) is 44.4 Å². The predicted octanol–water partition coefficient (Wildman–Crippen LogP) is 3.40. The van der Waals surface area contributed by atoms with Crippen LogP contribution in [0, 0.1) is 13.8 Å². The van der Waals surface area contributed by atoms with Crippen LogP contribution >= 0.6 is 15.9 Å². The molecule has 5 heteroatoms. The molecule has 21 heavy (non-hydrogen) atoms. The normalized spacial score (nSPS) is 15.8. The molecular formula is C16H17BrN2O2. The molecule has 0 atom stereocenters. The van der Waals surface area contributed by atoms with Gasteiger partial charge in [0.25, 0.3) is 0 Å². The van der Waals surface area contributed by atoms with Crippen molar-refractivity contribution < 1.29 is 9.32 Å². The zero-order valence-electron chi connectivity index (χ0n) is 12.1. The molecule has 0 saturated heterocycles.